The zero-order valence-electron chi connectivity index (χ0n) is 29.6. The Morgan fingerprint density at radius 3 is 1.68 bits per heavy atom. The third kappa shape index (κ3) is 4.45. The van der Waals surface area contributed by atoms with Crippen LogP contribution >= 0.6 is 0 Å². The zero-order valence-corrected chi connectivity index (χ0v) is 29.6. The minimum absolute atomic E-state index is 0.217. The van der Waals surface area contributed by atoms with Crippen molar-refractivity contribution in [1.29, 1.82) is 0 Å². The molecule has 0 saturated carbocycles. The van der Waals surface area contributed by atoms with E-state index in [1.54, 1.807) is 0 Å². The lowest BCUT2D eigenvalue weighted by molar-refractivity contribution is 0.620. The summed E-state index contributed by atoms with van der Waals surface area (Å²) in [4.78, 5) is 0. The maximum atomic E-state index is 6.57. The van der Waals surface area contributed by atoms with Crippen molar-refractivity contribution >= 4 is 43.7 Å². The van der Waals surface area contributed by atoms with Crippen LogP contribution < -0.4 is 0 Å². The molecule has 2 nitrogen and oxygen atoms in total. The fourth-order valence-electron chi connectivity index (χ4n) is 8.99. The summed E-state index contributed by atoms with van der Waals surface area (Å²) in [7, 11) is 0. The van der Waals surface area contributed by atoms with Crippen molar-refractivity contribution in [2.24, 2.45) is 0 Å². The van der Waals surface area contributed by atoms with E-state index in [0.717, 1.165) is 16.9 Å². The van der Waals surface area contributed by atoms with Gasteiger partial charge in [0.1, 0.15) is 11.2 Å². The van der Waals surface area contributed by atoms with Crippen LogP contribution in [0.2, 0.25) is 0 Å². The van der Waals surface area contributed by atoms with Crippen LogP contribution in [0.15, 0.2) is 180 Å². The number of fused-ring (bicyclic) bond motifs is 10. The summed E-state index contributed by atoms with van der Waals surface area (Å²) in [6.45, 7) is 4.69. The Hall–Kier alpha value is -6.64. The van der Waals surface area contributed by atoms with Gasteiger partial charge in [0.15, 0.2) is 0 Å². The van der Waals surface area contributed by atoms with Gasteiger partial charge in [-0.2, -0.15) is 0 Å². The molecule has 53 heavy (non-hydrogen) atoms. The second-order valence-corrected chi connectivity index (χ2v) is 14.9. The van der Waals surface area contributed by atoms with Crippen LogP contribution in [-0.4, -0.2) is 4.57 Å². The summed E-state index contributed by atoms with van der Waals surface area (Å²) >= 11 is 0. The van der Waals surface area contributed by atoms with E-state index in [1.807, 2.05) is 0 Å². The normalized spacial score (nSPS) is 13.2. The Morgan fingerprint density at radius 1 is 0.415 bits per heavy atom. The van der Waals surface area contributed by atoms with Crippen LogP contribution in [0.3, 0.4) is 0 Å². The fourth-order valence-corrected chi connectivity index (χ4v) is 8.99. The van der Waals surface area contributed by atoms with Gasteiger partial charge < -0.3 is 8.98 Å². The lowest BCUT2D eigenvalue weighted by atomic mass is 9.81. The van der Waals surface area contributed by atoms with E-state index >= 15 is 0 Å². The van der Waals surface area contributed by atoms with Gasteiger partial charge in [0, 0.05) is 38.2 Å². The molecule has 1 aliphatic rings. The van der Waals surface area contributed by atoms with E-state index < -0.39 is 0 Å². The molecule has 0 saturated heterocycles. The van der Waals surface area contributed by atoms with Gasteiger partial charge in [-0.1, -0.05) is 135 Å². The largest absolute Gasteiger partial charge is 0.456 e. The highest BCUT2D eigenvalue weighted by molar-refractivity contribution is 6.12. The average molecular weight is 678 g/mol. The first kappa shape index (κ1) is 30.0. The number of rotatable bonds is 4. The first-order chi connectivity index (χ1) is 26.0. The highest BCUT2D eigenvalue weighted by atomic mass is 16.3. The predicted octanol–water partition coefficient (Wildman–Crippen LogP) is 14.0. The van der Waals surface area contributed by atoms with Gasteiger partial charge in [0.25, 0.3) is 0 Å². The standard InChI is InChI=1S/C51H35NO/c1-51(2)45-31-37(20-23-39(45)41-24-25-42-40-18-9-10-19-48(40)53-50(42)49(41)51)34-16-11-17-38(28-34)52-46-26-21-35(32-12-5-3-6-13-32)29-43(46)44-30-36(22-27-47(44)52)33-14-7-4-8-15-33/h3-31H,1-2H3. The van der Waals surface area contributed by atoms with Gasteiger partial charge in [0.2, 0.25) is 0 Å². The Kier molecular flexibility index (Phi) is 6.33. The first-order valence-corrected chi connectivity index (χ1v) is 18.4. The Balaban J connectivity index is 1.06. The minimum atomic E-state index is -0.217. The van der Waals surface area contributed by atoms with E-state index in [0.29, 0.717) is 0 Å². The molecule has 0 atom stereocenters. The number of hydrogen-bond acceptors (Lipinski definition) is 1. The quantitative estimate of drug-likeness (QED) is 0.181. The van der Waals surface area contributed by atoms with Crippen molar-refractivity contribution in [2.75, 3.05) is 0 Å². The summed E-state index contributed by atoms with van der Waals surface area (Å²) < 4.78 is 9.00. The fraction of sp³-hybridized carbons (Fsp3) is 0.0588. The Bertz CT molecular complexity index is 2970. The van der Waals surface area contributed by atoms with E-state index in [2.05, 4.69) is 194 Å². The molecule has 2 heterocycles. The van der Waals surface area contributed by atoms with Gasteiger partial charge >= 0.3 is 0 Å². The number of para-hydroxylation sites is 1. The van der Waals surface area contributed by atoms with Crippen molar-refractivity contribution in [3.8, 4) is 50.2 Å². The molecule has 8 aromatic carbocycles. The minimum Gasteiger partial charge on any atom is -0.456 e. The number of aromatic nitrogens is 1. The highest BCUT2D eigenvalue weighted by Crippen LogP contribution is 2.53. The van der Waals surface area contributed by atoms with Crippen LogP contribution in [0.5, 0.6) is 0 Å². The summed E-state index contributed by atoms with van der Waals surface area (Å²) in [5.41, 5.74) is 17.7. The molecule has 2 heteroatoms. The number of benzene rings is 8. The monoisotopic (exact) mass is 677 g/mol. The number of hydrogen-bond donors (Lipinski definition) is 0. The van der Waals surface area contributed by atoms with Crippen LogP contribution in [0, 0.1) is 0 Å². The van der Waals surface area contributed by atoms with Crippen molar-refractivity contribution in [3.63, 3.8) is 0 Å². The van der Waals surface area contributed by atoms with Crippen molar-refractivity contribution in [1.82, 2.24) is 4.57 Å². The molecule has 0 unspecified atom stereocenters. The van der Waals surface area contributed by atoms with E-state index in [1.165, 1.54) is 88.2 Å². The summed E-state index contributed by atoms with van der Waals surface area (Å²) in [5.74, 6) is 0. The maximum Gasteiger partial charge on any atom is 0.140 e. The van der Waals surface area contributed by atoms with Crippen LogP contribution in [0.4, 0.5) is 0 Å². The SMILES string of the molecule is CC1(C)c2cc(-c3cccc(-n4c5ccc(-c6ccccc6)cc5c5cc(-c6ccccc6)ccc54)c3)ccc2-c2ccc3c(oc4ccccc43)c21. The van der Waals surface area contributed by atoms with Gasteiger partial charge in [-0.25, -0.2) is 0 Å². The van der Waals surface area contributed by atoms with Crippen LogP contribution in [0.25, 0.3) is 93.9 Å². The van der Waals surface area contributed by atoms with E-state index in [-0.39, 0.29) is 5.41 Å². The van der Waals surface area contributed by atoms with E-state index in [9.17, 15) is 0 Å². The molecule has 250 valence electrons. The lowest BCUT2D eigenvalue weighted by Crippen LogP contribution is -2.15. The number of nitrogens with zero attached hydrogens (tertiary/aromatic N) is 1. The summed E-state index contributed by atoms with van der Waals surface area (Å²) in [5, 5.41) is 4.86. The molecule has 0 bridgehead atoms. The third-order valence-corrected chi connectivity index (χ3v) is 11.6. The summed E-state index contributed by atoms with van der Waals surface area (Å²) in [6.07, 6.45) is 0. The molecule has 0 amide bonds. The molecule has 1 aliphatic carbocycles. The van der Waals surface area contributed by atoms with Crippen LogP contribution in [-0.2, 0) is 5.41 Å². The smallest absolute Gasteiger partial charge is 0.140 e. The molecule has 0 N–H and O–H groups in total. The molecule has 0 spiro atoms. The van der Waals surface area contributed by atoms with Gasteiger partial charge in [-0.05, 0) is 105 Å². The first-order valence-electron chi connectivity index (χ1n) is 18.4. The van der Waals surface area contributed by atoms with Crippen molar-refractivity contribution in [2.45, 2.75) is 19.3 Å². The molecule has 0 radical (unpaired) electrons. The van der Waals surface area contributed by atoms with Crippen molar-refractivity contribution in [3.05, 3.63) is 187 Å². The molecule has 11 rings (SSSR count). The van der Waals surface area contributed by atoms with Gasteiger partial charge in [-0.3, -0.25) is 0 Å². The average Bonchev–Trinajstić information content (AvgIpc) is 3.83. The number of furan rings is 1. The lowest BCUT2D eigenvalue weighted by Gasteiger charge is -2.22. The molecule has 10 aromatic rings. The Morgan fingerprint density at radius 2 is 0.981 bits per heavy atom. The Labute approximate surface area is 308 Å². The zero-order chi connectivity index (χ0) is 35.3. The molecule has 0 fully saturated rings. The van der Waals surface area contributed by atoms with Gasteiger partial charge in [0.05, 0.1) is 11.0 Å². The van der Waals surface area contributed by atoms with Crippen molar-refractivity contribution < 1.29 is 4.42 Å². The second-order valence-electron chi connectivity index (χ2n) is 14.9. The maximum absolute atomic E-state index is 6.57. The molecular weight excluding hydrogens is 643 g/mol. The molecule has 0 aliphatic heterocycles. The predicted molar refractivity (Wildman–Crippen MR) is 222 cm³/mol. The third-order valence-electron chi connectivity index (χ3n) is 11.6. The molecular formula is C51H35NO. The molecule has 2 aromatic heterocycles. The van der Waals surface area contributed by atoms with E-state index in [4.69, 9.17) is 4.42 Å². The second kappa shape index (κ2) is 11.2. The van der Waals surface area contributed by atoms with Crippen LogP contribution in [0.1, 0.15) is 25.0 Å². The van der Waals surface area contributed by atoms with Gasteiger partial charge in [-0.15, -0.1) is 0 Å². The highest BCUT2D eigenvalue weighted by Gasteiger charge is 2.38. The summed E-state index contributed by atoms with van der Waals surface area (Å²) in [6, 6.07) is 64.1. The topological polar surface area (TPSA) is 18.1 Å².